The highest BCUT2D eigenvalue weighted by molar-refractivity contribution is 7.13. The van der Waals surface area contributed by atoms with Crippen LogP contribution in [0.15, 0.2) is 24.3 Å². The van der Waals surface area contributed by atoms with Gasteiger partial charge in [-0.1, -0.05) is 0 Å². The first kappa shape index (κ1) is 19.3. The zero-order valence-corrected chi connectivity index (χ0v) is 17.3. The maximum atomic E-state index is 13.1. The normalized spacial score (nSPS) is 21.2. The number of piperazine rings is 1. The highest BCUT2D eigenvalue weighted by Crippen LogP contribution is 2.24. The molecular weight excluding hydrogens is 375 g/mol. The molecule has 2 aromatic rings. The molecule has 0 saturated carbocycles. The van der Waals surface area contributed by atoms with Crippen LogP contribution in [0.3, 0.4) is 0 Å². The maximum absolute atomic E-state index is 13.1. The summed E-state index contributed by atoms with van der Waals surface area (Å²) in [6, 6.07) is 7.17. The zero-order chi connectivity index (χ0) is 19.7. The van der Waals surface area contributed by atoms with Crippen LogP contribution in [-0.2, 0) is 0 Å². The minimum absolute atomic E-state index is 0.137. The van der Waals surface area contributed by atoms with Crippen molar-refractivity contribution in [2.24, 2.45) is 0 Å². The van der Waals surface area contributed by atoms with Gasteiger partial charge in [0, 0.05) is 51.0 Å². The average Bonchev–Trinajstić information content (AvgIpc) is 3.06. The third-order valence-corrected chi connectivity index (χ3v) is 6.86. The van der Waals surface area contributed by atoms with Crippen molar-refractivity contribution in [2.75, 3.05) is 44.2 Å². The highest BCUT2D eigenvalue weighted by atomic mass is 32.1. The number of thiazole rings is 1. The van der Waals surface area contributed by atoms with E-state index >= 15 is 0 Å². The Kier molecular flexibility index (Phi) is 5.64. The van der Waals surface area contributed by atoms with Crippen molar-refractivity contribution >= 4 is 22.9 Å². The fraction of sp³-hybridized carbons (Fsp3) is 0.524. The number of hydrogen-bond donors (Lipinski definition) is 0. The van der Waals surface area contributed by atoms with Crippen molar-refractivity contribution in [3.8, 4) is 0 Å². The van der Waals surface area contributed by atoms with Crippen LogP contribution in [0.5, 0.6) is 0 Å². The lowest BCUT2D eigenvalue weighted by atomic mass is 10.0. The van der Waals surface area contributed by atoms with E-state index in [9.17, 15) is 9.18 Å². The summed E-state index contributed by atoms with van der Waals surface area (Å²) >= 11 is 1.50. The number of halogens is 1. The lowest BCUT2D eigenvalue weighted by molar-refractivity contribution is 0.0567. The highest BCUT2D eigenvalue weighted by Gasteiger charge is 2.31. The number of amides is 1. The molecule has 1 atom stereocenters. The Bertz CT molecular complexity index is 829. The lowest BCUT2D eigenvalue weighted by Crippen LogP contribution is -2.55. The summed E-state index contributed by atoms with van der Waals surface area (Å²) in [4.78, 5) is 25.0. The monoisotopic (exact) mass is 402 g/mol. The molecule has 7 heteroatoms. The molecule has 1 amide bonds. The van der Waals surface area contributed by atoms with E-state index < -0.39 is 0 Å². The van der Waals surface area contributed by atoms with Crippen LogP contribution in [0, 0.1) is 19.7 Å². The Labute approximate surface area is 169 Å². The summed E-state index contributed by atoms with van der Waals surface area (Å²) in [5.74, 6) is -0.0570. The zero-order valence-electron chi connectivity index (χ0n) is 16.5. The summed E-state index contributed by atoms with van der Waals surface area (Å²) in [6.07, 6.45) is 2.19. The maximum Gasteiger partial charge on any atom is 0.265 e. The van der Waals surface area contributed by atoms with E-state index in [1.54, 1.807) is 0 Å². The van der Waals surface area contributed by atoms with Gasteiger partial charge in [0.2, 0.25) is 0 Å². The van der Waals surface area contributed by atoms with Gasteiger partial charge in [0.25, 0.3) is 5.91 Å². The largest absolute Gasteiger partial charge is 0.369 e. The van der Waals surface area contributed by atoms with Gasteiger partial charge in [-0.15, -0.1) is 11.3 Å². The Morgan fingerprint density at radius 2 is 1.82 bits per heavy atom. The van der Waals surface area contributed by atoms with Crippen LogP contribution < -0.4 is 4.90 Å². The van der Waals surface area contributed by atoms with Gasteiger partial charge in [-0.05, 0) is 51.0 Å². The van der Waals surface area contributed by atoms with Gasteiger partial charge in [-0.3, -0.25) is 9.69 Å². The Hall–Kier alpha value is -1.99. The number of nitrogens with zero attached hydrogens (tertiary/aromatic N) is 4. The standard InChI is InChI=1S/C21H27FN4OS/c1-15-20(28-16(2)23-15)21(27)26-9-3-4-19(14-26)25-12-10-24(11-13-25)18-7-5-17(22)6-8-18/h5-8,19H,3-4,9-14H2,1-2H3. The smallest absolute Gasteiger partial charge is 0.265 e. The van der Waals surface area contributed by atoms with Crippen molar-refractivity contribution in [1.29, 1.82) is 0 Å². The number of aryl methyl sites for hydroxylation is 2. The molecule has 0 N–H and O–H groups in total. The molecule has 1 aromatic carbocycles. The summed E-state index contributed by atoms with van der Waals surface area (Å²) in [5.41, 5.74) is 1.93. The van der Waals surface area contributed by atoms with Crippen LogP contribution in [0.1, 0.15) is 33.2 Å². The number of carbonyl (C=O) groups is 1. The van der Waals surface area contributed by atoms with Crippen molar-refractivity contribution in [3.05, 3.63) is 45.7 Å². The number of carbonyl (C=O) groups excluding carboxylic acids is 1. The fourth-order valence-electron chi connectivity index (χ4n) is 4.31. The Morgan fingerprint density at radius 3 is 2.46 bits per heavy atom. The predicted octanol–water partition coefficient (Wildman–Crippen LogP) is 3.33. The second-order valence-corrected chi connectivity index (χ2v) is 8.90. The first-order valence-electron chi connectivity index (χ1n) is 9.99. The van der Waals surface area contributed by atoms with Crippen LogP contribution in [0.25, 0.3) is 0 Å². The number of aromatic nitrogens is 1. The quantitative estimate of drug-likeness (QED) is 0.790. The Balaban J connectivity index is 1.36. The lowest BCUT2D eigenvalue weighted by Gasteiger charge is -2.43. The van der Waals surface area contributed by atoms with E-state index in [1.165, 1.54) is 23.5 Å². The number of anilines is 1. The minimum Gasteiger partial charge on any atom is -0.369 e. The molecule has 0 radical (unpaired) electrons. The number of piperidine rings is 1. The number of rotatable bonds is 3. The van der Waals surface area contributed by atoms with Gasteiger partial charge in [0.15, 0.2) is 0 Å². The molecule has 150 valence electrons. The fourth-order valence-corrected chi connectivity index (χ4v) is 5.20. The summed E-state index contributed by atoms with van der Waals surface area (Å²) < 4.78 is 13.1. The number of hydrogen-bond acceptors (Lipinski definition) is 5. The molecule has 2 aliphatic rings. The van der Waals surface area contributed by atoms with Gasteiger partial charge in [0.1, 0.15) is 10.7 Å². The van der Waals surface area contributed by atoms with Crippen molar-refractivity contribution in [1.82, 2.24) is 14.8 Å². The van der Waals surface area contributed by atoms with E-state index in [1.807, 2.05) is 30.9 Å². The van der Waals surface area contributed by atoms with Gasteiger partial charge in [-0.25, -0.2) is 9.37 Å². The minimum atomic E-state index is -0.194. The van der Waals surface area contributed by atoms with Crippen molar-refractivity contribution in [3.63, 3.8) is 0 Å². The average molecular weight is 403 g/mol. The van der Waals surface area contributed by atoms with Gasteiger partial charge in [0.05, 0.1) is 10.7 Å². The molecule has 2 aliphatic heterocycles. The topological polar surface area (TPSA) is 39.7 Å². The SMILES string of the molecule is Cc1nc(C)c(C(=O)N2CCCC(N3CCN(c4ccc(F)cc4)CC3)C2)s1. The molecule has 2 fully saturated rings. The molecule has 4 rings (SSSR count). The van der Waals surface area contributed by atoms with Crippen LogP contribution >= 0.6 is 11.3 Å². The van der Waals surface area contributed by atoms with E-state index in [2.05, 4.69) is 14.8 Å². The number of benzene rings is 1. The van der Waals surface area contributed by atoms with Gasteiger partial charge < -0.3 is 9.80 Å². The molecule has 0 bridgehead atoms. The summed E-state index contributed by atoms with van der Waals surface area (Å²) in [6.45, 7) is 9.33. The molecule has 1 aromatic heterocycles. The van der Waals surface area contributed by atoms with E-state index in [0.29, 0.717) is 6.04 Å². The van der Waals surface area contributed by atoms with E-state index in [0.717, 1.165) is 73.4 Å². The number of likely N-dealkylation sites (tertiary alicyclic amines) is 1. The molecule has 0 spiro atoms. The van der Waals surface area contributed by atoms with E-state index in [-0.39, 0.29) is 11.7 Å². The molecule has 1 unspecified atom stereocenters. The summed E-state index contributed by atoms with van der Waals surface area (Å²) in [5, 5.41) is 0.950. The third-order valence-electron chi connectivity index (χ3n) is 5.80. The molecule has 3 heterocycles. The molecule has 2 saturated heterocycles. The second kappa shape index (κ2) is 8.17. The first-order chi connectivity index (χ1) is 13.5. The second-order valence-electron chi connectivity index (χ2n) is 7.69. The first-order valence-corrected chi connectivity index (χ1v) is 10.8. The van der Waals surface area contributed by atoms with Crippen LogP contribution in [-0.4, -0.2) is 66.0 Å². The van der Waals surface area contributed by atoms with Crippen LogP contribution in [0.4, 0.5) is 10.1 Å². The predicted molar refractivity (Wildman–Crippen MR) is 111 cm³/mol. The Morgan fingerprint density at radius 1 is 1.11 bits per heavy atom. The van der Waals surface area contributed by atoms with Gasteiger partial charge in [-0.2, -0.15) is 0 Å². The molecule has 5 nitrogen and oxygen atoms in total. The third kappa shape index (κ3) is 4.05. The van der Waals surface area contributed by atoms with Crippen LogP contribution in [0.2, 0.25) is 0 Å². The van der Waals surface area contributed by atoms with Gasteiger partial charge >= 0.3 is 0 Å². The molecule has 0 aliphatic carbocycles. The van der Waals surface area contributed by atoms with E-state index in [4.69, 9.17) is 0 Å². The molecule has 28 heavy (non-hydrogen) atoms. The van der Waals surface area contributed by atoms with Crippen molar-refractivity contribution in [2.45, 2.75) is 32.7 Å². The van der Waals surface area contributed by atoms with Crippen molar-refractivity contribution < 1.29 is 9.18 Å². The summed E-state index contributed by atoms with van der Waals surface area (Å²) in [7, 11) is 0. The molecular formula is C21H27FN4OS.